The third kappa shape index (κ3) is 3.77. The number of hydrogen-bond acceptors (Lipinski definition) is 3. The van der Waals surface area contributed by atoms with Crippen LogP contribution in [0.5, 0.6) is 0 Å². The molecule has 4 heteroatoms. The Balaban J connectivity index is 4.21. The van der Waals surface area contributed by atoms with Crippen molar-refractivity contribution in [3.8, 4) is 0 Å². The molecule has 0 aliphatic carbocycles. The van der Waals surface area contributed by atoms with Crippen LogP contribution in [0.3, 0.4) is 0 Å². The average molecular weight is 205 g/mol. The van der Waals surface area contributed by atoms with Crippen LogP contribution in [0.2, 0.25) is 0 Å². The lowest BCUT2D eigenvalue weighted by Gasteiger charge is -2.34. The molecule has 0 atom stereocenters. The Bertz CT molecular complexity index is 117. The van der Waals surface area contributed by atoms with Crippen molar-refractivity contribution >= 4 is 9.68 Å². The van der Waals surface area contributed by atoms with Crippen LogP contribution in [0.1, 0.15) is 27.2 Å². The molecule has 0 rings (SSSR count). The molecule has 0 aliphatic heterocycles. The van der Waals surface area contributed by atoms with Gasteiger partial charge in [0.05, 0.1) is 0 Å². The summed E-state index contributed by atoms with van der Waals surface area (Å²) in [7, 11) is 3.00. The van der Waals surface area contributed by atoms with Crippen molar-refractivity contribution in [3.05, 3.63) is 0 Å². The van der Waals surface area contributed by atoms with Crippen LogP contribution in [0.4, 0.5) is 0 Å². The second-order valence-corrected chi connectivity index (χ2v) is 5.42. The smallest absolute Gasteiger partial charge is 0.165 e. The molecule has 0 aromatic rings. The predicted molar refractivity (Wildman–Crippen MR) is 58.5 cm³/mol. The zero-order valence-electron chi connectivity index (χ0n) is 9.59. The van der Waals surface area contributed by atoms with Crippen molar-refractivity contribution < 1.29 is 9.47 Å². The minimum absolute atomic E-state index is 0.286. The van der Waals surface area contributed by atoms with Gasteiger partial charge in [0, 0.05) is 14.2 Å². The summed E-state index contributed by atoms with van der Waals surface area (Å²) in [5.41, 5.74) is -0.286. The zero-order valence-corrected chi connectivity index (χ0v) is 11.0. The molecule has 0 aromatic heterocycles. The van der Waals surface area contributed by atoms with Crippen molar-refractivity contribution in [3.63, 3.8) is 0 Å². The summed E-state index contributed by atoms with van der Waals surface area (Å²) < 4.78 is 13.4. The fourth-order valence-electron chi connectivity index (χ4n) is 1.40. The van der Waals surface area contributed by atoms with Gasteiger partial charge in [-0.05, 0) is 19.5 Å². The largest absolute Gasteiger partial charge is 0.356 e. The van der Waals surface area contributed by atoms with Crippen molar-refractivity contribution in [2.24, 2.45) is 0 Å². The summed E-state index contributed by atoms with van der Waals surface area (Å²) in [5.74, 6) is 0. The average Bonchev–Trinajstić information content (AvgIpc) is 2.21. The molecule has 0 unspecified atom stereocenters. The van der Waals surface area contributed by atoms with Gasteiger partial charge in [-0.25, -0.2) is 0 Å². The first-order chi connectivity index (χ1) is 6.17. The van der Waals surface area contributed by atoms with Gasteiger partial charge in [0.25, 0.3) is 0 Å². The third-order valence-electron chi connectivity index (χ3n) is 2.64. The van der Waals surface area contributed by atoms with E-state index in [-0.39, 0.29) is 5.41 Å². The van der Waals surface area contributed by atoms with E-state index in [1.165, 1.54) is 0 Å². The summed E-state index contributed by atoms with van der Waals surface area (Å²) >= 11 is 0. The van der Waals surface area contributed by atoms with Gasteiger partial charge in [-0.2, -0.15) is 0 Å². The van der Waals surface area contributed by atoms with E-state index in [0.29, 0.717) is 0 Å². The lowest BCUT2D eigenvalue weighted by molar-refractivity contribution is -0.149. The Kier molecular flexibility index (Phi) is 6.58. The first-order valence-corrected chi connectivity index (χ1v) is 6.34. The van der Waals surface area contributed by atoms with E-state index >= 15 is 0 Å². The van der Waals surface area contributed by atoms with Gasteiger partial charge < -0.3 is 14.0 Å². The molecule has 0 amide bonds. The van der Waals surface area contributed by atoms with Gasteiger partial charge in [0.2, 0.25) is 0 Å². The fraction of sp³-hybridized carbons (Fsp3) is 1.00. The van der Waals surface area contributed by atoms with Gasteiger partial charge in [-0.1, -0.05) is 20.8 Å². The van der Waals surface area contributed by atoms with Gasteiger partial charge in [-0.3, -0.25) is 0 Å². The Labute approximate surface area is 84.3 Å². The van der Waals surface area contributed by atoms with Crippen LogP contribution < -0.4 is 0 Å². The molecule has 0 bridgehead atoms. The summed E-state index contributed by atoms with van der Waals surface area (Å²) in [4.78, 5) is 0. The zero-order chi connectivity index (χ0) is 10.3. The van der Waals surface area contributed by atoms with Gasteiger partial charge in [-0.15, -0.1) is 0 Å². The molecule has 0 fully saturated rings. The molecule has 0 aromatic carbocycles. The number of nitrogens with zero attached hydrogens (tertiary/aromatic N) is 1. The third-order valence-corrected chi connectivity index (χ3v) is 5.54. The molecule has 0 saturated heterocycles. The van der Waals surface area contributed by atoms with Crippen LogP contribution in [-0.4, -0.2) is 47.0 Å². The maximum atomic E-state index is 5.47. The lowest BCUT2D eigenvalue weighted by atomic mass is 10.5. The van der Waals surface area contributed by atoms with E-state index in [4.69, 9.17) is 9.47 Å². The standard InChI is InChI=1S/C9H23NO2Si/c1-6-9(11-4,12-5)13-10(7-2)8-3/h6-8,13H2,1-5H3. The van der Waals surface area contributed by atoms with Crippen LogP contribution in [0.15, 0.2) is 0 Å². The fourth-order valence-corrected chi connectivity index (χ4v) is 3.01. The van der Waals surface area contributed by atoms with Gasteiger partial charge in [0.15, 0.2) is 15.1 Å². The molecule has 0 saturated carbocycles. The minimum atomic E-state index is -0.479. The Morgan fingerprint density at radius 2 is 1.54 bits per heavy atom. The van der Waals surface area contributed by atoms with E-state index in [1.54, 1.807) is 14.2 Å². The molecule has 0 radical (unpaired) electrons. The van der Waals surface area contributed by atoms with Gasteiger partial charge >= 0.3 is 0 Å². The summed E-state index contributed by atoms with van der Waals surface area (Å²) in [6, 6.07) is 0. The first-order valence-electron chi connectivity index (χ1n) is 5.00. The van der Waals surface area contributed by atoms with Gasteiger partial charge in [0.1, 0.15) is 0 Å². The number of hydrogen-bond donors (Lipinski definition) is 0. The quantitative estimate of drug-likeness (QED) is 0.453. The normalized spacial score (nSPS) is 13.4. The minimum Gasteiger partial charge on any atom is -0.356 e. The molecule has 0 spiro atoms. The highest BCUT2D eigenvalue weighted by Gasteiger charge is 2.29. The molecule has 13 heavy (non-hydrogen) atoms. The van der Waals surface area contributed by atoms with Crippen molar-refractivity contribution in [2.75, 3.05) is 27.3 Å². The van der Waals surface area contributed by atoms with Crippen LogP contribution in [0.25, 0.3) is 0 Å². The molecular formula is C9H23NO2Si. The van der Waals surface area contributed by atoms with E-state index in [1.807, 2.05) is 0 Å². The lowest BCUT2D eigenvalue weighted by Crippen LogP contribution is -2.48. The highest BCUT2D eigenvalue weighted by atomic mass is 28.2. The number of ether oxygens (including phenoxy) is 2. The highest BCUT2D eigenvalue weighted by molar-refractivity contribution is 6.35. The summed E-state index contributed by atoms with van der Waals surface area (Å²) in [6.45, 7) is 8.67. The maximum Gasteiger partial charge on any atom is 0.165 e. The second kappa shape index (κ2) is 6.54. The van der Waals surface area contributed by atoms with E-state index in [0.717, 1.165) is 19.5 Å². The van der Waals surface area contributed by atoms with Crippen molar-refractivity contribution in [1.29, 1.82) is 0 Å². The predicted octanol–water partition coefficient (Wildman–Crippen LogP) is 0.769. The molecule has 0 aliphatic rings. The van der Waals surface area contributed by atoms with Crippen molar-refractivity contribution in [2.45, 2.75) is 32.6 Å². The van der Waals surface area contributed by atoms with Crippen LogP contribution in [0, 0.1) is 0 Å². The maximum absolute atomic E-state index is 5.47. The van der Waals surface area contributed by atoms with E-state index < -0.39 is 9.68 Å². The Morgan fingerprint density at radius 1 is 1.08 bits per heavy atom. The molecular weight excluding hydrogens is 182 g/mol. The van der Waals surface area contributed by atoms with Crippen molar-refractivity contribution in [1.82, 2.24) is 4.57 Å². The first kappa shape index (κ1) is 13.1. The molecule has 80 valence electrons. The number of methoxy groups -OCH3 is 2. The Hall–Kier alpha value is 0.0969. The topological polar surface area (TPSA) is 21.7 Å². The monoisotopic (exact) mass is 205 g/mol. The van der Waals surface area contributed by atoms with E-state index in [2.05, 4.69) is 25.3 Å². The van der Waals surface area contributed by atoms with Crippen LogP contribution >= 0.6 is 0 Å². The van der Waals surface area contributed by atoms with E-state index in [9.17, 15) is 0 Å². The summed E-state index contributed by atoms with van der Waals surface area (Å²) in [6.07, 6.45) is 0.933. The molecule has 0 N–H and O–H groups in total. The number of rotatable bonds is 7. The Morgan fingerprint density at radius 3 is 1.77 bits per heavy atom. The SMILES string of the molecule is CCN(CC)[SiH2]C(CC)(OC)OC. The second-order valence-electron chi connectivity index (χ2n) is 3.13. The highest BCUT2D eigenvalue weighted by Crippen LogP contribution is 2.15. The molecule has 0 heterocycles. The van der Waals surface area contributed by atoms with Crippen LogP contribution in [-0.2, 0) is 9.47 Å². The molecule has 3 nitrogen and oxygen atoms in total. The summed E-state index contributed by atoms with van der Waals surface area (Å²) in [5, 5.41) is 0.